The molecular formula is C7H13IN2O. The standard InChI is InChI=1S/C7H13IN2O/c1-9-6-2-10(8)3-7(9)5-11-4-6/h6-7H,2-5H2,1H3. The van der Waals surface area contributed by atoms with Gasteiger partial charge in [-0.3, -0.25) is 4.90 Å². The molecule has 2 aliphatic heterocycles. The SMILES string of the molecule is CN1C2COCC1CN(I)C2. The van der Waals surface area contributed by atoms with Crippen molar-refractivity contribution in [1.29, 1.82) is 0 Å². The molecule has 0 aromatic heterocycles. The van der Waals surface area contributed by atoms with Crippen LogP contribution in [0.15, 0.2) is 0 Å². The monoisotopic (exact) mass is 268 g/mol. The Hall–Kier alpha value is 0.610. The van der Waals surface area contributed by atoms with Gasteiger partial charge < -0.3 is 4.74 Å². The van der Waals surface area contributed by atoms with E-state index >= 15 is 0 Å². The summed E-state index contributed by atoms with van der Waals surface area (Å²) in [5, 5.41) is 0. The first-order valence-corrected chi connectivity index (χ1v) is 4.94. The molecule has 0 aromatic carbocycles. The first-order chi connectivity index (χ1) is 5.27. The van der Waals surface area contributed by atoms with Crippen LogP contribution in [-0.4, -0.2) is 53.4 Å². The number of likely N-dealkylation sites (N-methyl/N-ethyl adjacent to an activating group) is 1. The molecule has 0 N–H and O–H groups in total. The van der Waals surface area contributed by atoms with Gasteiger partial charge in [0.25, 0.3) is 0 Å². The number of halogens is 1. The summed E-state index contributed by atoms with van der Waals surface area (Å²) in [7, 11) is 2.21. The lowest BCUT2D eigenvalue weighted by Crippen LogP contribution is -2.60. The topological polar surface area (TPSA) is 15.7 Å². The maximum atomic E-state index is 5.48. The Morgan fingerprint density at radius 2 is 1.82 bits per heavy atom. The summed E-state index contributed by atoms with van der Waals surface area (Å²) in [6.45, 7) is 4.11. The minimum absolute atomic E-state index is 0.624. The molecule has 2 saturated heterocycles. The van der Waals surface area contributed by atoms with E-state index in [4.69, 9.17) is 4.74 Å². The van der Waals surface area contributed by atoms with Crippen LogP contribution in [0.3, 0.4) is 0 Å². The third kappa shape index (κ3) is 1.54. The van der Waals surface area contributed by atoms with Crippen molar-refractivity contribution in [3.63, 3.8) is 0 Å². The van der Waals surface area contributed by atoms with Crippen LogP contribution in [0, 0.1) is 0 Å². The zero-order valence-corrected chi connectivity index (χ0v) is 8.82. The normalized spacial score (nSPS) is 40.9. The van der Waals surface area contributed by atoms with Crippen LogP contribution in [0.4, 0.5) is 0 Å². The van der Waals surface area contributed by atoms with Crippen molar-refractivity contribution in [2.75, 3.05) is 33.4 Å². The number of morpholine rings is 1. The van der Waals surface area contributed by atoms with Gasteiger partial charge in [0.2, 0.25) is 0 Å². The van der Waals surface area contributed by atoms with Crippen molar-refractivity contribution >= 4 is 22.9 Å². The van der Waals surface area contributed by atoms with E-state index in [1.54, 1.807) is 0 Å². The van der Waals surface area contributed by atoms with Crippen molar-refractivity contribution < 1.29 is 4.74 Å². The molecule has 0 radical (unpaired) electrons. The van der Waals surface area contributed by atoms with Crippen molar-refractivity contribution in [2.24, 2.45) is 0 Å². The van der Waals surface area contributed by atoms with Crippen molar-refractivity contribution in [1.82, 2.24) is 8.01 Å². The van der Waals surface area contributed by atoms with Gasteiger partial charge in [-0.25, -0.2) is 3.11 Å². The van der Waals surface area contributed by atoms with Gasteiger partial charge in [-0.15, -0.1) is 0 Å². The van der Waals surface area contributed by atoms with Gasteiger partial charge in [0, 0.05) is 48.0 Å². The molecule has 2 fully saturated rings. The van der Waals surface area contributed by atoms with Crippen LogP contribution >= 0.6 is 22.9 Å². The molecule has 0 aromatic rings. The van der Waals surface area contributed by atoms with E-state index < -0.39 is 0 Å². The largest absolute Gasteiger partial charge is 0.378 e. The summed E-state index contributed by atoms with van der Waals surface area (Å²) in [6, 6.07) is 1.25. The lowest BCUT2D eigenvalue weighted by atomic mass is 10.1. The summed E-state index contributed by atoms with van der Waals surface area (Å²) in [4.78, 5) is 2.46. The van der Waals surface area contributed by atoms with Gasteiger partial charge in [0.05, 0.1) is 13.2 Å². The van der Waals surface area contributed by atoms with Crippen molar-refractivity contribution in [3.8, 4) is 0 Å². The van der Waals surface area contributed by atoms with Gasteiger partial charge in [-0.2, -0.15) is 0 Å². The van der Waals surface area contributed by atoms with E-state index in [1.165, 1.54) is 0 Å². The summed E-state index contributed by atoms with van der Waals surface area (Å²) in [5.41, 5.74) is 0. The molecule has 3 nitrogen and oxygen atoms in total. The van der Waals surface area contributed by atoms with Gasteiger partial charge in [0.15, 0.2) is 0 Å². The van der Waals surface area contributed by atoms with Crippen LogP contribution in [0.25, 0.3) is 0 Å². The molecule has 0 aliphatic carbocycles. The Bertz CT molecular complexity index is 141. The highest BCUT2D eigenvalue weighted by atomic mass is 127. The summed E-state index contributed by atoms with van der Waals surface area (Å²) >= 11 is 2.41. The number of hydrogen-bond donors (Lipinski definition) is 0. The molecule has 2 unspecified atom stereocenters. The molecule has 0 amide bonds. The molecule has 11 heavy (non-hydrogen) atoms. The van der Waals surface area contributed by atoms with E-state index in [2.05, 4.69) is 37.9 Å². The van der Waals surface area contributed by atoms with Crippen LogP contribution in [0.5, 0.6) is 0 Å². The molecule has 0 saturated carbocycles. The number of rotatable bonds is 0. The molecule has 2 atom stereocenters. The highest BCUT2D eigenvalue weighted by Crippen LogP contribution is 2.21. The molecule has 2 heterocycles. The smallest absolute Gasteiger partial charge is 0.0635 e. The summed E-state index contributed by atoms with van der Waals surface area (Å²) in [5.74, 6) is 0. The third-order valence-corrected chi connectivity index (χ3v) is 3.38. The maximum absolute atomic E-state index is 5.48. The molecular weight excluding hydrogens is 255 g/mol. The highest BCUT2D eigenvalue weighted by molar-refractivity contribution is 14.1. The first kappa shape index (κ1) is 8.22. The molecule has 2 rings (SSSR count). The molecule has 64 valence electrons. The molecule has 2 aliphatic rings. The summed E-state index contributed by atoms with van der Waals surface area (Å²) in [6.07, 6.45) is 0. The minimum atomic E-state index is 0.624. The first-order valence-electron chi connectivity index (χ1n) is 3.98. The highest BCUT2D eigenvalue weighted by Gasteiger charge is 2.34. The second kappa shape index (κ2) is 3.16. The quantitative estimate of drug-likeness (QED) is 0.466. The maximum Gasteiger partial charge on any atom is 0.0635 e. The predicted octanol–water partition coefficient (Wildman–Crippen LogP) is 0.351. The lowest BCUT2D eigenvalue weighted by Gasteiger charge is -2.46. The van der Waals surface area contributed by atoms with Gasteiger partial charge in [0.1, 0.15) is 0 Å². The zero-order chi connectivity index (χ0) is 7.84. The third-order valence-electron chi connectivity index (χ3n) is 2.59. The second-order valence-electron chi connectivity index (χ2n) is 3.34. The van der Waals surface area contributed by atoms with Crippen LogP contribution in [0.1, 0.15) is 0 Å². The van der Waals surface area contributed by atoms with Crippen LogP contribution in [0.2, 0.25) is 0 Å². The molecule has 2 bridgehead atoms. The van der Waals surface area contributed by atoms with Gasteiger partial charge in [-0.05, 0) is 7.05 Å². The van der Waals surface area contributed by atoms with Crippen molar-refractivity contribution in [2.45, 2.75) is 12.1 Å². The number of hydrogen-bond acceptors (Lipinski definition) is 3. The second-order valence-corrected chi connectivity index (χ2v) is 4.70. The van der Waals surface area contributed by atoms with Crippen molar-refractivity contribution in [3.05, 3.63) is 0 Å². The Kier molecular flexibility index (Phi) is 2.36. The number of nitrogens with zero attached hydrogens (tertiary/aromatic N) is 2. The van der Waals surface area contributed by atoms with Crippen LogP contribution < -0.4 is 0 Å². The molecule has 4 heteroatoms. The lowest BCUT2D eigenvalue weighted by molar-refractivity contribution is -0.0641. The number of ether oxygens (including phenoxy) is 1. The Balaban J connectivity index is 2.07. The van der Waals surface area contributed by atoms with E-state index in [0.29, 0.717) is 12.1 Å². The van der Waals surface area contributed by atoms with E-state index in [9.17, 15) is 0 Å². The average Bonchev–Trinajstić information content (AvgIpc) is 1.92. The Morgan fingerprint density at radius 3 is 2.36 bits per heavy atom. The van der Waals surface area contributed by atoms with Gasteiger partial charge in [-0.1, -0.05) is 0 Å². The summed E-state index contributed by atoms with van der Waals surface area (Å²) < 4.78 is 7.85. The van der Waals surface area contributed by atoms with E-state index in [0.717, 1.165) is 26.3 Å². The number of fused-ring (bicyclic) bond motifs is 2. The minimum Gasteiger partial charge on any atom is -0.378 e. The van der Waals surface area contributed by atoms with E-state index in [1.807, 2.05) is 0 Å². The Labute approximate surface area is 81.2 Å². The van der Waals surface area contributed by atoms with E-state index in [-0.39, 0.29) is 0 Å². The fourth-order valence-electron chi connectivity index (χ4n) is 1.77. The van der Waals surface area contributed by atoms with Gasteiger partial charge >= 0.3 is 0 Å². The Morgan fingerprint density at radius 1 is 1.27 bits per heavy atom. The fourth-order valence-corrected chi connectivity index (χ4v) is 2.68. The fraction of sp³-hybridized carbons (Fsp3) is 1.00. The molecule has 0 spiro atoms. The number of piperazine rings is 1. The predicted molar refractivity (Wildman–Crippen MR) is 51.8 cm³/mol. The zero-order valence-electron chi connectivity index (χ0n) is 6.66. The average molecular weight is 268 g/mol. The van der Waals surface area contributed by atoms with Crippen LogP contribution in [-0.2, 0) is 4.74 Å².